The summed E-state index contributed by atoms with van der Waals surface area (Å²) in [6.07, 6.45) is 18.8. The first-order valence-corrected chi connectivity index (χ1v) is 13.8. The van der Waals surface area contributed by atoms with E-state index in [0.29, 0.717) is 6.42 Å². The monoisotopic (exact) mass is 420 g/mol. The van der Waals surface area contributed by atoms with E-state index in [9.17, 15) is 8.42 Å². The lowest BCUT2D eigenvalue weighted by atomic mass is 10.1. The van der Waals surface area contributed by atoms with Crippen molar-refractivity contribution in [1.29, 1.82) is 0 Å². The van der Waals surface area contributed by atoms with E-state index in [2.05, 4.69) is 20.8 Å². The molecule has 0 aromatic heterocycles. The zero-order chi connectivity index (χ0) is 21.1. The topological polar surface area (TPSA) is 54.4 Å². The minimum Gasteiger partial charge on any atom is -0.324 e. The standard InChI is InChI=1S/C23H49NO3S/c1-4-7-8-9-10-11-12-13-14-16-21-24(19-5-2,20-6-3)22-17-15-18-23-28(25,26)27/h4-23H2,1-3H3/p+1. The molecule has 0 fully saturated rings. The molecule has 0 atom stereocenters. The normalized spacial score (nSPS) is 12.6. The van der Waals surface area contributed by atoms with Crippen molar-refractivity contribution < 1.29 is 17.5 Å². The van der Waals surface area contributed by atoms with Crippen molar-refractivity contribution in [1.82, 2.24) is 0 Å². The van der Waals surface area contributed by atoms with Crippen LogP contribution in [0, 0.1) is 0 Å². The zero-order valence-corrected chi connectivity index (χ0v) is 20.1. The minimum absolute atomic E-state index is 0.0903. The molecule has 0 saturated heterocycles. The third-order valence-electron chi connectivity index (χ3n) is 5.92. The van der Waals surface area contributed by atoms with Gasteiger partial charge in [0.05, 0.1) is 31.9 Å². The molecular formula is C23H50NO3S+. The van der Waals surface area contributed by atoms with Crippen LogP contribution in [-0.2, 0) is 10.1 Å². The molecule has 170 valence electrons. The van der Waals surface area contributed by atoms with Gasteiger partial charge in [0.15, 0.2) is 0 Å². The van der Waals surface area contributed by atoms with Gasteiger partial charge in [-0.1, -0.05) is 72.1 Å². The first-order valence-electron chi connectivity index (χ1n) is 12.2. The maximum Gasteiger partial charge on any atom is 0.264 e. The third-order valence-corrected chi connectivity index (χ3v) is 6.72. The van der Waals surface area contributed by atoms with E-state index in [1.165, 1.54) is 101 Å². The molecule has 0 aliphatic rings. The molecule has 0 heterocycles. The maximum atomic E-state index is 10.9. The highest BCUT2D eigenvalue weighted by molar-refractivity contribution is 7.85. The fourth-order valence-electron chi connectivity index (χ4n) is 4.46. The van der Waals surface area contributed by atoms with Crippen LogP contribution in [0.1, 0.15) is 117 Å². The Balaban J connectivity index is 4.08. The predicted molar refractivity (Wildman–Crippen MR) is 122 cm³/mol. The Bertz CT molecular complexity index is 431. The quantitative estimate of drug-likeness (QED) is 0.129. The lowest BCUT2D eigenvalue weighted by Crippen LogP contribution is -2.50. The number of hydrogen-bond acceptors (Lipinski definition) is 2. The average Bonchev–Trinajstić information content (AvgIpc) is 2.62. The fourth-order valence-corrected chi connectivity index (χ4v) is 5.03. The van der Waals surface area contributed by atoms with Crippen LogP contribution in [0.25, 0.3) is 0 Å². The third kappa shape index (κ3) is 16.8. The lowest BCUT2D eigenvalue weighted by molar-refractivity contribution is -0.928. The first-order chi connectivity index (χ1) is 13.4. The second-order valence-corrected chi connectivity index (χ2v) is 10.3. The van der Waals surface area contributed by atoms with Crippen LogP contribution in [0.4, 0.5) is 0 Å². The first kappa shape index (κ1) is 27.9. The second kappa shape index (κ2) is 17.7. The van der Waals surface area contributed by atoms with Crippen molar-refractivity contribution >= 4 is 10.1 Å². The number of rotatable bonds is 21. The molecule has 0 spiro atoms. The predicted octanol–water partition coefficient (Wildman–Crippen LogP) is 6.60. The molecule has 0 rings (SSSR count). The molecule has 0 aliphatic carbocycles. The van der Waals surface area contributed by atoms with Crippen LogP contribution in [0.15, 0.2) is 0 Å². The summed E-state index contributed by atoms with van der Waals surface area (Å²) < 4.78 is 31.8. The van der Waals surface area contributed by atoms with Crippen molar-refractivity contribution in [2.75, 3.05) is 31.9 Å². The van der Waals surface area contributed by atoms with Crippen molar-refractivity contribution in [3.05, 3.63) is 0 Å². The smallest absolute Gasteiger partial charge is 0.264 e. The van der Waals surface area contributed by atoms with Gasteiger partial charge in [0, 0.05) is 0 Å². The summed E-state index contributed by atoms with van der Waals surface area (Å²) >= 11 is 0. The SMILES string of the molecule is CCCCCCCCCCCC[N+](CCC)(CCC)CCCCCS(=O)(=O)O. The van der Waals surface area contributed by atoms with E-state index < -0.39 is 10.1 Å². The average molecular weight is 421 g/mol. The van der Waals surface area contributed by atoms with Crippen LogP contribution in [-0.4, -0.2) is 49.4 Å². The summed E-state index contributed by atoms with van der Waals surface area (Å²) in [4.78, 5) is 0. The summed E-state index contributed by atoms with van der Waals surface area (Å²) in [5, 5.41) is 0. The highest BCUT2D eigenvalue weighted by Gasteiger charge is 2.24. The van der Waals surface area contributed by atoms with Crippen molar-refractivity contribution in [3.8, 4) is 0 Å². The van der Waals surface area contributed by atoms with Gasteiger partial charge >= 0.3 is 0 Å². The summed E-state index contributed by atoms with van der Waals surface area (Å²) in [5.74, 6) is -0.0903. The van der Waals surface area contributed by atoms with Crippen LogP contribution in [0.3, 0.4) is 0 Å². The Morgan fingerprint density at radius 2 is 0.929 bits per heavy atom. The van der Waals surface area contributed by atoms with Crippen LogP contribution >= 0.6 is 0 Å². The molecule has 0 bridgehead atoms. The van der Waals surface area contributed by atoms with E-state index in [0.717, 1.165) is 19.4 Å². The largest absolute Gasteiger partial charge is 0.324 e. The van der Waals surface area contributed by atoms with Crippen LogP contribution < -0.4 is 0 Å². The van der Waals surface area contributed by atoms with Gasteiger partial charge in [0.2, 0.25) is 0 Å². The Labute approximate surface area is 176 Å². The minimum atomic E-state index is -3.80. The van der Waals surface area contributed by atoms with Gasteiger partial charge in [-0.15, -0.1) is 0 Å². The molecule has 0 amide bonds. The number of unbranched alkanes of at least 4 members (excludes halogenated alkanes) is 11. The van der Waals surface area contributed by atoms with Crippen LogP contribution in [0.2, 0.25) is 0 Å². The van der Waals surface area contributed by atoms with E-state index in [1.54, 1.807) is 0 Å². The number of nitrogens with zero attached hydrogens (tertiary/aromatic N) is 1. The fraction of sp³-hybridized carbons (Fsp3) is 1.00. The molecule has 0 radical (unpaired) electrons. The Kier molecular flexibility index (Phi) is 17.6. The van der Waals surface area contributed by atoms with Gasteiger partial charge in [-0.25, -0.2) is 0 Å². The van der Waals surface area contributed by atoms with Gasteiger partial charge in [0.1, 0.15) is 0 Å². The molecule has 1 N–H and O–H groups in total. The molecule has 28 heavy (non-hydrogen) atoms. The Hall–Kier alpha value is -0.130. The maximum absolute atomic E-state index is 10.9. The summed E-state index contributed by atoms with van der Waals surface area (Å²) in [6.45, 7) is 11.7. The van der Waals surface area contributed by atoms with Gasteiger partial charge < -0.3 is 4.48 Å². The highest BCUT2D eigenvalue weighted by atomic mass is 32.2. The highest BCUT2D eigenvalue weighted by Crippen LogP contribution is 2.17. The van der Waals surface area contributed by atoms with Crippen LogP contribution in [0.5, 0.6) is 0 Å². The van der Waals surface area contributed by atoms with E-state index in [1.807, 2.05) is 0 Å². The molecule has 0 aliphatic heterocycles. The summed E-state index contributed by atoms with van der Waals surface area (Å²) in [7, 11) is -3.80. The molecule has 0 unspecified atom stereocenters. The van der Waals surface area contributed by atoms with Gasteiger partial charge in [0.25, 0.3) is 10.1 Å². The Morgan fingerprint density at radius 1 is 0.536 bits per heavy atom. The lowest BCUT2D eigenvalue weighted by Gasteiger charge is -2.39. The van der Waals surface area contributed by atoms with Gasteiger partial charge in [-0.3, -0.25) is 4.55 Å². The number of quaternary nitrogens is 1. The molecule has 0 saturated carbocycles. The summed E-state index contributed by atoms with van der Waals surface area (Å²) in [5.41, 5.74) is 0. The second-order valence-electron chi connectivity index (χ2n) is 8.76. The molecule has 4 nitrogen and oxygen atoms in total. The van der Waals surface area contributed by atoms with E-state index in [-0.39, 0.29) is 5.75 Å². The molecular weight excluding hydrogens is 370 g/mol. The van der Waals surface area contributed by atoms with Crippen molar-refractivity contribution in [2.45, 2.75) is 117 Å². The van der Waals surface area contributed by atoms with Gasteiger partial charge in [-0.2, -0.15) is 8.42 Å². The van der Waals surface area contributed by atoms with Gasteiger partial charge in [-0.05, 0) is 44.9 Å². The summed E-state index contributed by atoms with van der Waals surface area (Å²) in [6, 6.07) is 0. The zero-order valence-electron chi connectivity index (χ0n) is 19.3. The van der Waals surface area contributed by atoms with Crippen molar-refractivity contribution in [2.24, 2.45) is 0 Å². The van der Waals surface area contributed by atoms with Crippen molar-refractivity contribution in [3.63, 3.8) is 0 Å². The Morgan fingerprint density at radius 3 is 1.32 bits per heavy atom. The molecule has 5 heteroatoms. The number of hydrogen-bond donors (Lipinski definition) is 1. The van der Waals surface area contributed by atoms with E-state index >= 15 is 0 Å². The van der Waals surface area contributed by atoms with E-state index in [4.69, 9.17) is 4.55 Å². The molecule has 0 aromatic rings. The molecule has 0 aromatic carbocycles.